The molecule has 0 spiro atoms. The van der Waals surface area contributed by atoms with Crippen molar-refractivity contribution >= 4 is 22.7 Å². The highest BCUT2D eigenvalue weighted by Gasteiger charge is 2.36. The fourth-order valence-electron chi connectivity index (χ4n) is 5.70. The van der Waals surface area contributed by atoms with Gasteiger partial charge in [0.25, 0.3) is 0 Å². The van der Waals surface area contributed by atoms with Crippen molar-refractivity contribution in [2.45, 2.75) is 38.1 Å². The van der Waals surface area contributed by atoms with Crippen LogP contribution < -0.4 is 0 Å². The Morgan fingerprint density at radius 2 is 1.57 bits per heavy atom. The van der Waals surface area contributed by atoms with Crippen molar-refractivity contribution in [3.8, 4) is 0 Å². The van der Waals surface area contributed by atoms with Crippen LogP contribution in [-0.2, 0) is 22.4 Å². The standard InChI is InChI=1S/C32H33N3O2/c36-29(19-21-34(32(37)25-15-16-25)20-17-23-9-3-1-4-10-23)35-22-18-27-26-13-7-8-14-28(26)33-30(27)31(35)24-11-5-2-6-12-24/h1-14,25,31,33H,15-22H2. The molecular weight excluding hydrogens is 458 g/mol. The molecule has 1 atom stereocenters. The molecule has 37 heavy (non-hydrogen) atoms. The van der Waals surface area contributed by atoms with E-state index in [1.54, 1.807) is 0 Å². The van der Waals surface area contributed by atoms with Gasteiger partial charge in [-0.3, -0.25) is 9.59 Å². The van der Waals surface area contributed by atoms with Gasteiger partial charge in [-0.15, -0.1) is 0 Å². The first-order valence-corrected chi connectivity index (χ1v) is 13.5. The molecule has 1 fully saturated rings. The molecule has 1 saturated carbocycles. The van der Waals surface area contributed by atoms with Gasteiger partial charge in [-0.05, 0) is 48.4 Å². The van der Waals surface area contributed by atoms with Crippen LogP contribution in [-0.4, -0.2) is 46.2 Å². The summed E-state index contributed by atoms with van der Waals surface area (Å²) in [6, 6.07) is 28.8. The Kier molecular flexibility index (Phi) is 6.52. The number of carbonyl (C=O) groups is 2. The lowest BCUT2D eigenvalue weighted by Crippen LogP contribution is -2.43. The highest BCUT2D eigenvalue weighted by molar-refractivity contribution is 5.87. The van der Waals surface area contributed by atoms with Crippen molar-refractivity contribution in [3.05, 3.63) is 107 Å². The molecule has 1 unspecified atom stereocenters. The van der Waals surface area contributed by atoms with Gasteiger partial charge in [0, 0.05) is 48.6 Å². The van der Waals surface area contributed by atoms with Crippen LogP contribution >= 0.6 is 0 Å². The van der Waals surface area contributed by atoms with E-state index in [0.29, 0.717) is 26.1 Å². The Labute approximate surface area is 218 Å². The highest BCUT2D eigenvalue weighted by Crippen LogP contribution is 2.38. The zero-order valence-corrected chi connectivity index (χ0v) is 21.1. The lowest BCUT2D eigenvalue weighted by atomic mass is 9.92. The number of hydrogen-bond acceptors (Lipinski definition) is 2. The molecule has 0 radical (unpaired) electrons. The van der Waals surface area contributed by atoms with Gasteiger partial charge in [0.1, 0.15) is 0 Å². The summed E-state index contributed by atoms with van der Waals surface area (Å²) in [5, 5.41) is 1.24. The van der Waals surface area contributed by atoms with Crippen molar-refractivity contribution in [2.24, 2.45) is 5.92 Å². The minimum Gasteiger partial charge on any atom is -0.356 e. The van der Waals surface area contributed by atoms with Crippen LogP contribution in [0.15, 0.2) is 84.9 Å². The fraction of sp³-hybridized carbons (Fsp3) is 0.312. The van der Waals surface area contributed by atoms with Gasteiger partial charge in [0.15, 0.2) is 0 Å². The number of benzene rings is 3. The number of aromatic nitrogens is 1. The summed E-state index contributed by atoms with van der Waals surface area (Å²) in [4.78, 5) is 34.4. The Balaban J connectivity index is 1.22. The zero-order valence-electron chi connectivity index (χ0n) is 21.1. The van der Waals surface area contributed by atoms with Crippen LogP contribution in [0.4, 0.5) is 0 Å². The summed E-state index contributed by atoms with van der Waals surface area (Å²) in [6.45, 7) is 1.80. The Hall–Kier alpha value is -3.86. The predicted octanol–water partition coefficient (Wildman–Crippen LogP) is 5.51. The van der Waals surface area contributed by atoms with Crippen LogP contribution in [0.3, 0.4) is 0 Å². The molecule has 2 amide bonds. The molecule has 1 aliphatic carbocycles. The topological polar surface area (TPSA) is 56.4 Å². The monoisotopic (exact) mass is 491 g/mol. The second-order valence-corrected chi connectivity index (χ2v) is 10.3. The number of hydrogen-bond donors (Lipinski definition) is 1. The number of nitrogens with zero attached hydrogens (tertiary/aromatic N) is 2. The summed E-state index contributed by atoms with van der Waals surface area (Å²) in [5.41, 5.74) is 5.86. The summed E-state index contributed by atoms with van der Waals surface area (Å²) in [6.07, 6.45) is 3.92. The minimum atomic E-state index is -0.151. The van der Waals surface area contributed by atoms with Crippen molar-refractivity contribution in [3.63, 3.8) is 0 Å². The molecule has 1 N–H and O–H groups in total. The van der Waals surface area contributed by atoms with Gasteiger partial charge < -0.3 is 14.8 Å². The third-order valence-corrected chi connectivity index (χ3v) is 7.82. The molecule has 0 saturated heterocycles. The normalized spacial score (nSPS) is 17.0. The first kappa shape index (κ1) is 23.5. The highest BCUT2D eigenvalue weighted by atomic mass is 16.2. The van der Waals surface area contributed by atoms with Crippen molar-refractivity contribution in [2.75, 3.05) is 19.6 Å². The van der Waals surface area contributed by atoms with E-state index in [4.69, 9.17) is 0 Å². The number of fused-ring (bicyclic) bond motifs is 3. The molecule has 1 aromatic heterocycles. The maximum Gasteiger partial charge on any atom is 0.225 e. The first-order chi connectivity index (χ1) is 18.2. The van der Waals surface area contributed by atoms with Crippen molar-refractivity contribution in [1.29, 1.82) is 0 Å². The summed E-state index contributed by atoms with van der Waals surface area (Å²) >= 11 is 0. The fourth-order valence-corrected chi connectivity index (χ4v) is 5.70. The zero-order chi connectivity index (χ0) is 25.2. The van der Waals surface area contributed by atoms with E-state index in [-0.39, 0.29) is 23.8 Å². The number of nitrogens with one attached hydrogen (secondary N) is 1. The largest absolute Gasteiger partial charge is 0.356 e. The van der Waals surface area contributed by atoms with Crippen LogP contribution in [0.1, 0.15) is 47.7 Å². The van der Waals surface area contributed by atoms with E-state index in [1.165, 1.54) is 16.5 Å². The molecule has 4 aromatic rings. The molecule has 2 heterocycles. The average molecular weight is 492 g/mol. The second-order valence-electron chi connectivity index (χ2n) is 10.3. The number of rotatable bonds is 8. The molecule has 5 heteroatoms. The molecule has 188 valence electrons. The van der Waals surface area contributed by atoms with Crippen LogP contribution in [0.5, 0.6) is 0 Å². The lowest BCUT2D eigenvalue weighted by Gasteiger charge is -2.37. The lowest BCUT2D eigenvalue weighted by molar-refractivity contribution is -0.136. The van der Waals surface area contributed by atoms with Gasteiger partial charge in [0.2, 0.25) is 11.8 Å². The number of amides is 2. The summed E-state index contributed by atoms with van der Waals surface area (Å²) < 4.78 is 0. The Morgan fingerprint density at radius 1 is 0.865 bits per heavy atom. The Morgan fingerprint density at radius 3 is 2.32 bits per heavy atom. The van der Waals surface area contributed by atoms with Crippen molar-refractivity contribution in [1.82, 2.24) is 14.8 Å². The summed E-state index contributed by atoms with van der Waals surface area (Å²) in [7, 11) is 0. The number of H-pyrrole nitrogens is 1. The molecule has 5 nitrogen and oxygen atoms in total. The van der Waals surface area contributed by atoms with Crippen molar-refractivity contribution < 1.29 is 9.59 Å². The van der Waals surface area contributed by atoms with E-state index in [9.17, 15) is 9.59 Å². The molecule has 6 rings (SSSR count). The number of para-hydroxylation sites is 1. The summed E-state index contributed by atoms with van der Waals surface area (Å²) in [5.74, 6) is 0.457. The van der Waals surface area contributed by atoms with Crippen LogP contribution in [0.25, 0.3) is 10.9 Å². The third kappa shape index (κ3) is 4.91. The number of carbonyl (C=O) groups excluding carboxylic acids is 2. The SMILES string of the molecule is O=C(C1CC1)N(CCC(=O)N1CCc2c([nH]c3ccccc23)C1c1ccccc1)CCc1ccccc1. The minimum absolute atomic E-state index is 0.103. The molecular formula is C32H33N3O2. The molecule has 3 aromatic carbocycles. The van der Waals surface area contributed by atoms with Gasteiger partial charge in [-0.25, -0.2) is 0 Å². The van der Waals surface area contributed by atoms with E-state index >= 15 is 0 Å². The maximum absolute atomic E-state index is 13.8. The predicted molar refractivity (Wildman–Crippen MR) is 146 cm³/mol. The quantitative estimate of drug-likeness (QED) is 0.353. The Bertz CT molecular complexity index is 1390. The van der Waals surface area contributed by atoms with Gasteiger partial charge in [0.05, 0.1) is 6.04 Å². The van der Waals surface area contributed by atoms with E-state index in [2.05, 4.69) is 47.4 Å². The molecule has 2 aliphatic rings. The van der Waals surface area contributed by atoms with Crippen LogP contribution in [0, 0.1) is 5.92 Å². The first-order valence-electron chi connectivity index (χ1n) is 13.5. The van der Waals surface area contributed by atoms with Crippen LogP contribution in [0.2, 0.25) is 0 Å². The maximum atomic E-state index is 13.8. The smallest absolute Gasteiger partial charge is 0.225 e. The van der Waals surface area contributed by atoms with E-state index < -0.39 is 0 Å². The average Bonchev–Trinajstić information content (AvgIpc) is 3.73. The third-order valence-electron chi connectivity index (χ3n) is 7.82. The second kappa shape index (κ2) is 10.3. The van der Waals surface area contributed by atoms with Gasteiger partial charge in [-0.2, -0.15) is 0 Å². The van der Waals surface area contributed by atoms with Gasteiger partial charge in [-0.1, -0.05) is 78.9 Å². The number of aromatic amines is 1. The van der Waals surface area contributed by atoms with E-state index in [1.807, 2.05) is 52.3 Å². The van der Waals surface area contributed by atoms with E-state index in [0.717, 1.165) is 42.5 Å². The van der Waals surface area contributed by atoms with Gasteiger partial charge >= 0.3 is 0 Å². The molecule has 0 bridgehead atoms. The molecule has 1 aliphatic heterocycles.